The molecule has 3 atom stereocenters. The van der Waals surface area contributed by atoms with Crippen LogP contribution in [0.25, 0.3) is 0 Å². The van der Waals surface area contributed by atoms with Gasteiger partial charge in [0.15, 0.2) is 5.82 Å². The fourth-order valence-electron chi connectivity index (χ4n) is 2.84. The minimum atomic E-state index is 0.335. The summed E-state index contributed by atoms with van der Waals surface area (Å²) < 4.78 is 0. The molecule has 2 heterocycles. The van der Waals surface area contributed by atoms with Crippen LogP contribution in [-0.2, 0) is 0 Å². The van der Waals surface area contributed by atoms with E-state index in [1.54, 1.807) is 0 Å². The Morgan fingerprint density at radius 1 is 1.21 bits per heavy atom. The molecule has 5 nitrogen and oxygen atoms in total. The Morgan fingerprint density at radius 3 is 2.93 bits per heavy atom. The van der Waals surface area contributed by atoms with Gasteiger partial charge in [0, 0.05) is 6.04 Å². The summed E-state index contributed by atoms with van der Waals surface area (Å²) in [6.07, 6.45) is 6.63. The van der Waals surface area contributed by atoms with E-state index in [4.69, 9.17) is 0 Å². The van der Waals surface area contributed by atoms with Gasteiger partial charge in [-0.1, -0.05) is 18.1 Å². The first-order chi connectivity index (χ1) is 6.93. The summed E-state index contributed by atoms with van der Waals surface area (Å²) in [7, 11) is 0. The molecule has 0 amide bonds. The number of hydrogen-bond acceptors (Lipinski definition) is 4. The maximum Gasteiger partial charge on any atom is 0.191 e. The molecule has 1 aromatic heterocycles. The Labute approximate surface area is 82.7 Å². The summed E-state index contributed by atoms with van der Waals surface area (Å²) in [6.45, 7) is 0. The molecule has 2 aliphatic rings. The summed E-state index contributed by atoms with van der Waals surface area (Å²) >= 11 is 0. The largest absolute Gasteiger partial charge is 0.304 e. The lowest BCUT2D eigenvalue weighted by atomic mass is 9.85. The van der Waals surface area contributed by atoms with Gasteiger partial charge in [0.1, 0.15) is 0 Å². The minimum Gasteiger partial charge on any atom is -0.304 e. The summed E-state index contributed by atoms with van der Waals surface area (Å²) in [5.41, 5.74) is 0. The van der Waals surface area contributed by atoms with Crippen molar-refractivity contribution < 1.29 is 0 Å². The average molecular weight is 193 g/mol. The standard InChI is InChI=1S/C9H15N5/c1-2-4-7-6(3-1)5-8(10-7)9-11-13-14-12-9/h6-8,10H,1-5H2,(H,11,12,13,14)/t6-,7-,8+/m1/s1. The molecule has 0 spiro atoms. The first-order valence-electron chi connectivity index (χ1n) is 5.43. The van der Waals surface area contributed by atoms with Crippen LogP contribution in [0.3, 0.4) is 0 Å². The molecule has 2 N–H and O–H groups in total. The second-order valence-corrected chi connectivity index (χ2v) is 4.38. The Kier molecular flexibility index (Phi) is 1.97. The molecule has 1 saturated carbocycles. The van der Waals surface area contributed by atoms with Crippen LogP contribution in [0.4, 0.5) is 0 Å². The third-order valence-electron chi connectivity index (χ3n) is 3.54. The number of tetrazole rings is 1. The van der Waals surface area contributed by atoms with E-state index in [-0.39, 0.29) is 0 Å². The van der Waals surface area contributed by atoms with Crippen molar-refractivity contribution in [2.75, 3.05) is 0 Å². The van der Waals surface area contributed by atoms with Crippen LogP contribution in [0.1, 0.15) is 44.0 Å². The second-order valence-electron chi connectivity index (χ2n) is 4.38. The van der Waals surface area contributed by atoms with Gasteiger partial charge in [0.05, 0.1) is 6.04 Å². The number of nitrogens with zero attached hydrogens (tertiary/aromatic N) is 3. The van der Waals surface area contributed by atoms with Crippen molar-refractivity contribution in [3.8, 4) is 0 Å². The number of nitrogens with one attached hydrogen (secondary N) is 2. The van der Waals surface area contributed by atoms with Gasteiger partial charge in [-0.05, 0) is 25.2 Å². The Bertz CT molecular complexity index is 282. The summed E-state index contributed by atoms with van der Waals surface area (Å²) in [5.74, 6) is 1.67. The lowest BCUT2D eigenvalue weighted by Gasteiger charge is -2.24. The molecular weight excluding hydrogens is 178 g/mol. The van der Waals surface area contributed by atoms with Gasteiger partial charge in [0.2, 0.25) is 0 Å². The smallest absolute Gasteiger partial charge is 0.191 e. The molecule has 5 heteroatoms. The Hall–Kier alpha value is -0.970. The van der Waals surface area contributed by atoms with Crippen LogP contribution in [0.2, 0.25) is 0 Å². The summed E-state index contributed by atoms with van der Waals surface area (Å²) in [4.78, 5) is 0. The van der Waals surface area contributed by atoms with E-state index in [9.17, 15) is 0 Å². The van der Waals surface area contributed by atoms with E-state index in [1.165, 1.54) is 32.1 Å². The molecule has 76 valence electrons. The molecular formula is C9H15N5. The number of rotatable bonds is 1. The zero-order valence-electron chi connectivity index (χ0n) is 8.11. The molecule has 0 aromatic carbocycles. The number of fused-ring (bicyclic) bond motifs is 1. The maximum absolute atomic E-state index is 4.05. The zero-order chi connectivity index (χ0) is 9.38. The third-order valence-corrected chi connectivity index (χ3v) is 3.54. The van der Waals surface area contributed by atoms with Gasteiger partial charge in [0.25, 0.3) is 0 Å². The van der Waals surface area contributed by atoms with Gasteiger partial charge in [-0.3, -0.25) is 0 Å². The normalized spacial score (nSPS) is 37.0. The van der Waals surface area contributed by atoms with Crippen LogP contribution >= 0.6 is 0 Å². The van der Waals surface area contributed by atoms with Gasteiger partial charge in [-0.25, -0.2) is 0 Å². The molecule has 0 bridgehead atoms. The lowest BCUT2D eigenvalue weighted by molar-refractivity contribution is 0.325. The van der Waals surface area contributed by atoms with Crippen molar-refractivity contribution in [2.45, 2.75) is 44.2 Å². The monoisotopic (exact) mass is 193 g/mol. The molecule has 3 rings (SSSR count). The highest BCUT2D eigenvalue weighted by molar-refractivity contribution is 5.00. The molecule has 1 aromatic rings. The first kappa shape index (κ1) is 8.35. The SMILES string of the molecule is C1CC[C@H]2N[C@H](c3nn[nH]n3)C[C@H]2C1. The quantitative estimate of drug-likeness (QED) is 0.692. The highest BCUT2D eigenvalue weighted by Gasteiger charge is 2.37. The van der Waals surface area contributed by atoms with E-state index < -0.39 is 0 Å². The summed E-state index contributed by atoms with van der Waals surface area (Å²) in [5, 5.41) is 17.8. The summed E-state index contributed by atoms with van der Waals surface area (Å²) in [6, 6.07) is 1.04. The van der Waals surface area contributed by atoms with Crippen LogP contribution in [-0.4, -0.2) is 26.7 Å². The lowest BCUT2D eigenvalue weighted by Crippen LogP contribution is -2.30. The Balaban J connectivity index is 1.74. The molecule has 1 aliphatic heterocycles. The second kappa shape index (κ2) is 3.31. The van der Waals surface area contributed by atoms with Crippen LogP contribution in [0, 0.1) is 5.92 Å². The van der Waals surface area contributed by atoms with Gasteiger partial charge in [-0.15, -0.1) is 10.2 Å². The predicted molar refractivity (Wildman–Crippen MR) is 50.4 cm³/mol. The Morgan fingerprint density at radius 2 is 2.14 bits per heavy atom. The van der Waals surface area contributed by atoms with Gasteiger partial charge >= 0.3 is 0 Å². The van der Waals surface area contributed by atoms with Crippen molar-refractivity contribution in [2.24, 2.45) is 5.92 Å². The number of H-pyrrole nitrogens is 1. The van der Waals surface area contributed by atoms with E-state index in [0.717, 1.165) is 11.7 Å². The van der Waals surface area contributed by atoms with Crippen molar-refractivity contribution in [1.29, 1.82) is 0 Å². The molecule has 1 saturated heterocycles. The third kappa shape index (κ3) is 1.32. The predicted octanol–water partition coefficient (Wildman–Crippen LogP) is 0.793. The van der Waals surface area contributed by atoms with Crippen LogP contribution in [0.5, 0.6) is 0 Å². The van der Waals surface area contributed by atoms with Gasteiger partial charge < -0.3 is 5.32 Å². The van der Waals surface area contributed by atoms with E-state index in [0.29, 0.717) is 12.1 Å². The van der Waals surface area contributed by atoms with E-state index >= 15 is 0 Å². The fourth-order valence-corrected chi connectivity index (χ4v) is 2.84. The topological polar surface area (TPSA) is 66.5 Å². The molecule has 0 unspecified atom stereocenters. The number of hydrogen-bond donors (Lipinski definition) is 2. The molecule has 2 fully saturated rings. The number of aromatic amines is 1. The average Bonchev–Trinajstić information content (AvgIpc) is 2.86. The van der Waals surface area contributed by atoms with Crippen molar-refractivity contribution in [3.05, 3.63) is 5.82 Å². The first-order valence-corrected chi connectivity index (χ1v) is 5.43. The van der Waals surface area contributed by atoms with Crippen molar-refractivity contribution >= 4 is 0 Å². The molecule has 0 radical (unpaired) electrons. The highest BCUT2D eigenvalue weighted by Crippen LogP contribution is 2.37. The van der Waals surface area contributed by atoms with Crippen LogP contribution < -0.4 is 5.32 Å². The fraction of sp³-hybridized carbons (Fsp3) is 0.889. The van der Waals surface area contributed by atoms with E-state index in [2.05, 4.69) is 25.9 Å². The van der Waals surface area contributed by atoms with Crippen molar-refractivity contribution in [1.82, 2.24) is 25.9 Å². The minimum absolute atomic E-state index is 0.335. The van der Waals surface area contributed by atoms with Crippen LogP contribution in [0.15, 0.2) is 0 Å². The molecule has 14 heavy (non-hydrogen) atoms. The van der Waals surface area contributed by atoms with Crippen molar-refractivity contribution in [3.63, 3.8) is 0 Å². The van der Waals surface area contributed by atoms with Gasteiger partial charge in [-0.2, -0.15) is 5.21 Å². The number of aromatic nitrogens is 4. The maximum atomic E-state index is 4.05. The highest BCUT2D eigenvalue weighted by atomic mass is 15.5. The van der Waals surface area contributed by atoms with E-state index in [1.807, 2.05) is 0 Å². The zero-order valence-corrected chi connectivity index (χ0v) is 8.11. The molecule has 1 aliphatic carbocycles.